The fraction of sp³-hybridized carbons (Fsp3) is 0.278. The zero-order valence-corrected chi connectivity index (χ0v) is 13.5. The van der Waals surface area contributed by atoms with Crippen LogP contribution in [0.15, 0.2) is 53.5 Å². The van der Waals surface area contributed by atoms with Crippen molar-refractivity contribution in [1.29, 1.82) is 0 Å². The number of benzene rings is 2. The molecular weight excluding hydrogens is 296 g/mol. The zero-order chi connectivity index (χ0) is 15.6. The molecule has 0 aromatic heterocycles. The van der Waals surface area contributed by atoms with Gasteiger partial charge in [0.25, 0.3) is 6.02 Å². The molecular formula is C18H19ClN2O. The van der Waals surface area contributed by atoms with Gasteiger partial charge in [0.05, 0.1) is 0 Å². The molecule has 3 nitrogen and oxygen atoms in total. The normalized spacial score (nSPS) is 21.9. The number of halogens is 1. The van der Waals surface area contributed by atoms with E-state index in [9.17, 15) is 0 Å². The van der Waals surface area contributed by atoms with E-state index in [0.29, 0.717) is 17.6 Å². The van der Waals surface area contributed by atoms with E-state index in [1.807, 2.05) is 43.3 Å². The molecule has 1 unspecified atom stereocenters. The Hall–Kier alpha value is -2.00. The molecule has 1 heterocycles. The molecule has 0 spiro atoms. The highest BCUT2D eigenvalue weighted by molar-refractivity contribution is 6.30. The van der Waals surface area contributed by atoms with Crippen molar-refractivity contribution < 1.29 is 4.74 Å². The maximum absolute atomic E-state index is 6.31. The fourth-order valence-electron chi connectivity index (χ4n) is 2.92. The highest BCUT2D eigenvalue weighted by atomic mass is 35.5. The number of aliphatic imine (C=N–C) groups is 1. The lowest BCUT2D eigenvalue weighted by Crippen LogP contribution is -2.41. The van der Waals surface area contributed by atoms with Gasteiger partial charge in [-0.1, -0.05) is 48.9 Å². The molecule has 2 aromatic carbocycles. The lowest BCUT2D eigenvalue weighted by molar-refractivity contribution is 0.0869. The molecule has 0 saturated carbocycles. The Kier molecular flexibility index (Phi) is 4.08. The van der Waals surface area contributed by atoms with Crippen LogP contribution in [0.5, 0.6) is 0 Å². The van der Waals surface area contributed by atoms with E-state index in [1.54, 1.807) is 0 Å². The summed E-state index contributed by atoms with van der Waals surface area (Å²) in [6.45, 7) is 4.78. The lowest BCUT2D eigenvalue weighted by atomic mass is 9.82. The van der Waals surface area contributed by atoms with Gasteiger partial charge in [0.2, 0.25) is 0 Å². The van der Waals surface area contributed by atoms with Crippen molar-refractivity contribution in [1.82, 2.24) is 0 Å². The topological polar surface area (TPSA) is 33.6 Å². The first-order chi connectivity index (χ1) is 10.7. The minimum atomic E-state index is -0.569. The number of nitrogens with one attached hydrogen (secondary N) is 1. The van der Waals surface area contributed by atoms with Crippen LogP contribution in [0.4, 0.5) is 5.69 Å². The number of fused-ring (bicyclic) bond motifs is 1. The largest absolute Gasteiger partial charge is 0.449 e. The molecule has 22 heavy (non-hydrogen) atoms. The Morgan fingerprint density at radius 3 is 2.59 bits per heavy atom. The van der Waals surface area contributed by atoms with E-state index in [2.05, 4.69) is 29.4 Å². The molecule has 0 fully saturated rings. The van der Waals surface area contributed by atoms with Gasteiger partial charge in [-0.2, -0.15) is 0 Å². The molecule has 0 amide bonds. The first-order valence-corrected chi connectivity index (χ1v) is 7.93. The van der Waals surface area contributed by atoms with Crippen molar-refractivity contribution >= 4 is 23.3 Å². The molecule has 3 rings (SSSR count). The van der Waals surface area contributed by atoms with Crippen molar-refractivity contribution in [3.8, 4) is 0 Å². The number of ether oxygens (including phenoxy) is 1. The summed E-state index contributed by atoms with van der Waals surface area (Å²) in [5, 5.41) is 3.96. The summed E-state index contributed by atoms with van der Waals surface area (Å²) < 4.78 is 6.31. The smallest absolute Gasteiger partial charge is 0.290 e. The third-order valence-electron chi connectivity index (χ3n) is 3.97. The van der Waals surface area contributed by atoms with Gasteiger partial charge in [-0.15, -0.1) is 0 Å². The third kappa shape index (κ3) is 2.46. The first kappa shape index (κ1) is 14.9. The van der Waals surface area contributed by atoms with E-state index in [0.717, 1.165) is 23.2 Å². The van der Waals surface area contributed by atoms with Gasteiger partial charge in [-0.25, -0.2) is 4.99 Å². The summed E-state index contributed by atoms with van der Waals surface area (Å²) in [4.78, 5) is 4.42. The number of amidine groups is 1. The van der Waals surface area contributed by atoms with Gasteiger partial charge in [0.15, 0.2) is 5.60 Å². The van der Waals surface area contributed by atoms with E-state index >= 15 is 0 Å². The summed E-state index contributed by atoms with van der Waals surface area (Å²) in [5.41, 5.74) is 2.57. The Labute approximate surface area is 136 Å². The number of rotatable bonds is 3. The fourth-order valence-corrected chi connectivity index (χ4v) is 3.10. The van der Waals surface area contributed by atoms with Crippen LogP contribution in [0.25, 0.3) is 0 Å². The Morgan fingerprint density at radius 2 is 1.91 bits per heavy atom. The summed E-state index contributed by atoms with van der Waals surface area (Å²) in [6.07, 6.45) is 0.786. The second kappa shape index (κ2) is 6.01. The molecule has 1 N–H and O–H groups in total. The Morgan fingerprint density at radius 1 is 1.14 bits per heavy atom. The molecule has 0 saturated heterocycles. The molecule has 1 atom stereocenters. The predicted octanol–water partition coefficient (Wildman–Crippen LogP) is 4.81. The number of anilines is 1. The second-order valence-corrected chi connectivity index (χ2v) is 5.68. The molecule has 0 aliphatic carbocycles. The number of hydrogen-bond acceptors (Lipinski definition) is 2. The zero-order valence-electron chi connectivity index (χ0n) is 12.8. The van der Waals surface area contributed by atoms with Crippen molar-refractivity contribution in [3.05, 3.63) is 64.7 Å². The van der Waals surface area contributed by atoms with Crippen LogP contribution in [0.2, 0.25) is 5.02 Å². The Balaban J connectivity index is 2.23. The van der Waals surface area contributed by atoms with E-state index in [4.69, 9.17) is 16.3 Å². The molecule has 4 heteroatoms. The summed E-state index contributed by atoms with van der Waals surface area (Å²) in [5.74, 6) is 0. The van der Waals surface area contributed by atoms with Crippen molar-refractivity contribution in [3.63, 3.8) is 0 Å². The average molecular weight is 315 g/mol. The second-order valence-electron chi connectivity index (χ2n) is 5.24. The number of hydrogen-bond donors (Lipinski definition) is 1. The van der Waals surface area contributed by atoms with Crippen LogP contribution in [-0.2, 0) is 10.3 Å². The lowest BCUT2D eigenvalue weighted by Gasteiger charge is -2.40. The average Bonchev–Trinajstić information content (AvgIpc) is 2.55. The molecule has 114 valence electrons. The minimum absolute atomic E-state index is 0.558. The molecule has 1 aliphatic heterocycles. The highest BCUT2D eigenvalue weighted by Crippen LogP contribution is 2.44. The molecule has 0 bridgehead atoms. The maximum atomic E-state index is 6.31. The SMILES string of the molecule is CCN=C1Nc2ccc(Cl)cc2C(CC)(c2ccccc2)O1. The van der Waals surface area contributed by atoms with Crippen LogP contribution in [0.1, 0.15) is 31.4 Å². The van der Waals surface area contributed by atoms with Crippen molar-refractivity contribution in [2.24, 2.45) is 4.99 Å². The monoisotopic (exact) mass is 314 g/mol. The minimum Gasteiger partial charge on any atom is -0.449 e. The summed E-state index contributed by atoms with van der Waals surface area (Å²) >= 11 is 6.23. The van der Waals surface area contributed by atoms with Gasteiger partial charge in [0, 0.05) is 28.4 Å². The van der Waals surface area contributed by atoms with Gasteiger partial charge < -0.3 is 10.1 Å². The molecule has 2 aromatic rings. The van der Waals surface area contributed by atoms with Crippen LogP contribution < -0.4 is 5.32 Å². The molecule has 0 radical (unpaired) electrons. The van der Waals surface area contributed by atoms with Gasteiger partial charge >= 0.3 is 0 Å². The van der Waals surface area contributed by atoms with Crippen LogP contribution in [-0.4, -0.2) is 12.6 Å². The summed E-state index contributed by atoms with van der Waals surface area (Å²) in [6, 6.07) is 16.6. The first-order valence-electron chi connectivity index (χ1n) is 7.55. The van der Waals surface area contributed by atoms with E-state index in [1.165, 1.54) is 0 Å². The van der Waals surface area contributed by atoms with Crippen molar-refractivity contribution in [2.45, 2.75) is 25.9 Å². The quantitative estimate of drug-likeness (QED) is 0.882. The predicted molar refractivity (Wildman–Crippen MR) is 91.6 cm³/mol. The van der Waals surface area contributed by atoms with Crippen LogP contribution in [0.3, 0.4) is 0 Å². The summed E-state index contributed by atoms with van der Waals surface area (Å²) in [7, 11) is 0. The van der Waals surface area contributed by atoms with Crippen LogP contribution >= 0.6 is 11.6 Å². The van der Waals surface area contributed by atoms with Crippen LogP contribution in [0, 0.1) is 0 Å². The van der Waals surface area contributed by atoms with Gasteiger partial charge in [-0.05, 0) is 31.5 Å². The van der Waals surface area contributed by atoms with Gasteiger partial charge in [0.1, 0.15) is 0 Å². The van der Waals surface area contributed by atoms with Crippen molar-refractivity contribution in [2.75, 3.05) is 11.9 Å². The van der Waals surface area contributed by atoms with E-state index < -0.39 is 5.60 Å². The highest BCUT2D eigenvalue weighted by Gasteiger charge is 2.41. The van der Waals surface area contributed by atoms with Gasteiger partial charge in [-0.3, -0.25) is 0 Å². The molecule has 1 aliphatic rings. The number of nitrogens with zero attached hydrogens (tertiary/aromatic N) is 1. The standard InChI is InChI=1S/C18H19ClN2O/c1-3-18(13-8-6-5-7-9-13)15-12-14(19)10-11-16(15)21-17(22-18)20-4-2/h5-12H,3-4H2,1-2H3,(H,20,21). The maximum Gasteiger partial charge on any atom is 0.290 e. The third-order valence-corrected chi connectivity index (χ3v) is 4.20. The Bertz CT molecular complexity index is 699. The van der Waals surface area contributed by atoms with E-state index in [-0.39, 0.29) is 0 Å².